The predicted molar refractivity (Wildman–Crippen MR) is 128 cm³/mol. The summed E-state index contributed by atoms with van der Waals surface area (Å²) in [7, 11) is 1.57. The molecule has 0 atom stereocenters. The molecule has 34 heavy (non-hydrogen) atoms. The van der Waals surface area contributed by atoms with E-state index in [1.807, 2.05) is 18.2 Å². The number of hydrogen-bond acceptors (Lipinski definition) is 9. The van der Waals surface area contributed by atoms with Crippen LogP contribution in [0.1, 0.15) is 29.6 Å². The molecule has 3 aromatic rings. The van der Waals surface area contributed by atoms with Crippen LogP contribution >= 0.6 is 0 Å². The summed E-state index contributed by atoms with van der Waals surface area (Å²) in [5.74, 6) is 1.63. The number of nitrogens with one attached hydrogen (secondary N) is 3. The lowest BCUT2D eigenvalue weighted by molar-refractivity contribution is 0.0378. The molecule has 0 spiro atoms. The van der Waals surface area contributed by atoms with Crippen molar-refractivity contribution in [2.75, 3.05) is 57.1 Å². The minimum Gasteiger partial charge on any atom is -0.480 e. The highest BCUT2D eigenvalue weighted by Crippen LogP contribution is 2.27. The quantitative estimate of drug-likeness (QED) is 0.385. The van der Waals surface area contributed by atoms with E-state index in [-0.39, 0.29) is 11.9 Å². The van der Waals surface area contributed by atoms with E-state index in [0.717, 1.165) is 64.5 Å². The van der Waals surface area contributed by atoms with Crippen LogP contribution in [0.4, 0.5) is 17.3 Å². The third kappa shape index (κ3) is 5.20. The number of carbonyl (C=O) groups is 1. The molecule has 1 saturated carbocycles. The van der Waals surface area contributed by atoms with E-state index in [2.05, 4.69) is 30.9 Å². The number of ether oxygens (including phenoxy) is 2. The van der Waals surface area contributed by atoms with Gasteiger partial charge in [0.05, 0.1) is 26.5 Å². The lowest BCUT2D eigenvalue weighted by Crippen LogP contribution is -2.37. The van der Waals surface area contributed by atoms with Crippen molar-refractivity contribution in [3.8, 4) is 5.88 Å². The normalized spacial score (nSPS) is 16.4. The Morgan fingerprint density at radius 1 is 1.29 bits per heavy atom. The van der Waals surface area contributed by atoms with E-state index in [9.17, 15) is 4.79 Å². The standard InChI is InChI=1S/C23H30N8O3/c1-33-23-18(4-2-7-25-23)28-19-14-20(24-8-3-9-30-10-12-34-13-11-30)31-21(29-19)17(15-26-31)22(32)27-16-5-6-16/h2,4,7,14-16,24H,3,5-6,8-13H2,1H3,(H,27,32)(H,28,29). The topological polar surface area (TPSA) is 118 Å². The number of anilines is 3. The van der Waals surface area contributed by atoms with Gasteiger partial charge in [-0.3, -0.25) is 9.69 Å². The Kier molecular flexibility index (Phi) is 6.72. The van der Waals surface area contributed by atoms with Crippen molar-refractivity contribution in [2.45, 2.75) is 25.3 Å². The highest BCUT2D eigenvalue weighted by Gasteiger charge is 2.26. The van der Waals surface area contributed by atoms with Crippen molar-refractivity contribution >= 4 is 28.9 Å². The van der Waals surface area contributed by atoms with Gasteiger partial charge in [0.15, 0.2) is 5.65 Å². The minimum atomic E-state index is -0.153. The molecule has 0 unspecified atom stereocenters. The average molecular weight is 467 g/mol. The van der Waals surface area contributed by atoms with Crippen LogP contribution in [0.15, 0.2) is 30.6 Å². The largest absolute Gasteiger partial charge is 0.480 e. The molecule has 2 aliphatic rings. The second kappa shape index (κ2) is 10.2. The molecule has 0 aromatic carbocycles. The summed E-state index contributed by atoms with van der Waals surface area (Å²) in [5.41, 5.74) is 1.62. The summed E-state index contributed by atoms with van der Waals surface area (Å²) in [6.45, 7) is 5.29. The molecular formula is C23H30N8O3. The number of aromatic nitrogens is 4. The molecule has 1 aliphatic carbocycles. The fraction of sp³-hybridized carbons (Fsp3) is 0.478. The molecule has 11 nitrogen and oxygen atoms in total. The van der Waals surface area contributed by atoms with Crippen LogP contribution < -0.4 is 20.7 Å². The number of amides is 1. The zero-order valence-electron chi connectivity index (χ0n) is 19.3. The second-order valence-electron chi connectivity index (χ2n) is 8.49. The maximum Gasteiger partial charge on any atom is 0.256 e. The molecule has 0 bridgehead atoms. The van der Waals surface area contributed by atoms with Gasteiger partial charge in [-0.25, -0.2) is 9.97 Å². The van der Waals surface area contributed by atoms with Gasteiger partial charge in [-0.2, -0.15) is 9.61 Å². The van der Waals surface area contributed by atoms with E-state index in [0.29, 0.717) is 28.6 Å². The molecule has 3 N–H and O–H groups in total. The number of morpholine rings is 1. The van der Waals surface area contributed by atoms with Gasteiger partial charge < -0.3 is 25.4 Å². The van der Waals surface area contributed by atoms with Gasteiger partial charge in [0.2, 0.25) is 5.88 Å². The molecule has 5 rings (SSSR count). The molecule has 1 aliphatic heterocycles. The Labute approximate surface area is 197 Å². The second-order valence-corrected chi connectivity index (χ2v) is 8.49. The lowest BCUT2D eigenvalue weighted by Gasteiger charge is -2.26. The van der Waals surface area contributed by atoms with E-state index in [1.165, 1.54) is 0 Å². The van der Waals surface area contributed by atoms with Crippen molar-refractivity contribution in [1.82, 2.24) is 29.8 Å². The lowest BCUT2D eigenvalue weighted by atomic mass is 10.3. The first-order valence-electron chi connectivity index (χ1n) is 11.7. The third-order valence-electron chi connectivity index (χ3n) is 5.92. The van der Waals surface area contributed by atoms with Gasteiger partial charge in [0.25, 0.3) is 5.91 Å². The summed E-state index contributed by atoms with van der Waals surface area (Å²) in [5, 5.41) is 14.2. The van der Waals surface area contributed by atoms with Crippen LogP contribution in [0, 0.1) is 0 Å². The van der Waals surface area contributed by atoms with Crippen molar-refractivity contribution in [2.24, 2.45) is 0 Å². The Morgan fingerprint density at radius 3 is 2.94 bits per heavy atom. The summed E-state index contributed by atoms with van der Waals surface area (Å²) < 4.78 is 12.5. The Morgan fingerprint density at radius 2 is 2.15 bits per heavy atom. The van der Waals surface area contributed by atoms with Gasteiger partial charge in [-0.05, 0) is 37.9 Å². The average Bonchev–Trinajstić information content (AvgIpc) is 3.57. The van der Waals surface area contributed by atoms with Gasteiger partial charge in [0.1, 0.15) is 22.9 Å². The summed E-state index contributed by atoms with van der Waals surface area (Å²) in [6.07, 6.45) is 6.25. The predicted octanol–water partition coefficient (Wildman–Crippen LogP) is 1.90. The zero-order chi connectivity index (χ0) is 23.3. The Hall–Kier alpha value is -3.44. The molecule has 180 valence electrons. The minimum absolute atomic E-state index is 0.153. The van der Waals surface area contributed by atoms with Crippen LogP contribution in [0.3, 0.4) is 0 Å². The van der Waals surface area contributed by atoms with Crippen molar-refractivity contribution in [1.29, 1.82) is 0 Å². The maximum atomic E-state index is 12.8. The summed E-state index contributed by atoms with van der Waals surface area (Å²) in [6, 6.07) is 5.82. The molecule has 3 aromatic heterocycles. The number of pyridine rings is 1. The number of hydrogen-bond donors (Lipinski definition) is 3. The number of nitrogens with zero attached hydrogens (tertiary/aromatic N) is 5. The van der Waals surface area contributed by atoms with E-state index in [1.54, 1.807) is 24.0 Å². The SMILES string of the molecule is COc1ncccc1Nc1cc(NCCCN2CCOCC2)n2ncc(C(=O)NC3CC3)c2n1. The van der Waals surface area contributed by atoms with Crippen LogP contribution in [-0.4, -0.2) is 82.9 Å². The number of rotatable bonds is 10. The molecule has 1 amide bonds. The number of methoxy groups -OCH3 is 1. The first-order chi connectivity index (χ1) is 16.7. The van der Waals surface area contributed by atoms with Gasteiger partial charge >= 0.3 is 0 Å². The highest BCUT2D eigenvalue weighted by molar-refractivity contribution is 6.00. The van der Waals surface area contributed by atoms with E-state index >= 15 is 0 Å². The smallest absolute Gasteiger partial charge is 0.256 e. The monoisotopic (exact) mass is 466 g/mol. The first-order valence-corrected chi connectivity index (χ1v) is 11.7. The Bertz CT molecular complexity index is 1140. The molecular weight excluding hydrogens is 436 g/mol. The fourth-order valence-electron chi connectivity index (χ4n) is 3.93. The molecule has 0 radical (unpaired) electrons. The van der Waals surface area contributed by atoms with Crippen LogP contribution in [0.5, 0.6) is 5.88 Å². The molecule has 2 fully saturated rings. The van der Waals surface area contributed by atoms with Gasteiger partial charge in [-0.1, -0.05) is 0 Å². The van der Waals surface area contributed by atoms with Gasteiger partial charge in [0, 0.05) is 37.9 Å². The zero-order valence-corrected chi connectivity index (χ0v) is 19.3. The fourth-order valence-corrected chi connectivity index (χ4v) is 3.93. The van der Waals surface area contributed by atoms with Gasteiger partial charge in [-0.15, -0.1) is 0 Å². The highest BCUT2D eigenvalue weighted by atomic mass is 16.5. The third-order valence-corrected chi connectivity index (χ3v) is 5.92. The van der Waals surface area contributed by atoms with Crippen molar-refractivity contribution in [3.63, 3.8) is 0 Å². The Balaban J connectivity index is 1.38. The molecule has 4 heterocycles. The van der Waals surface area contributed by atoms with Crippen LogP contribution in [-0.2, 0) is 4.74 Å². The number of carbonyl (C=O) groups excluding carboxylic acids is 1. The van der Waals surface area contributed by atoms with Crippen LogP contribution in [0.25, 0.3) is 5.65 Å². The van der Waals surface area contributed by atoms with Crippen LogP contribution in [0.2, 0.25) is 0 Å². The maximum absolute atomic E-state index is 12.8. The molecule has 1 saturated heterocycles. The van der Waals surface area contributed by atoms with Crippen molar-refractivity contribution in [3.05, 3.63) is 36.2 Å². The summed E-state index contributed by atoms with van der Waals surface area (Å²) in [4.78, 5) is 24.1. The molecule has 11 heteroatoms. The van der Waals surface area contributed by atoms with E-state index < -0.39 is 0 Å². The number of fused-ring (bicyclic) bond motifs is 1. The van der Waals surface area contributed by atoms with Crippen molar-refractivity contribution < 1.29 is 14.3 Å². The first kappa shape index (κ1) is 22.4. The van der Waals surface area contributed by atoms with E-state index in [4.69, 9.17) is 14.5 Å². The summed E-state index contributed by atoms with van der Waals surface area (Å²) >= 11 is 0.